The fraction of sp³-hybridized carbons (Fsp3) is 0.389. The van der Waals surface area contributed by atoms with Crippen molar-refractivity contribution in [2.75, 3.05) is 31.1 Å². The lowest BCUT2D eigenvalue weighted by Gasteiger charge is -2.35. The fourth-order valence-electron chi connectivity index (χ4n) is 3.08. The predicted molar refractivity (Wildman–Crippen MR) is 90.2 cm³/mol. The summed E-state index contributed by atoms with van der Waals surface area (Å²) >= 11 is 0. The monoisotopic (exact) mass is 307 g/mol. The number of nitrogens with zero attached hydrogens (tertiary/aromatic N) is 5. The molecule has 0 unspecified atom stereocenters. The van der Waals surface area contributed by atoms with E-state index in [9.17, 15) is 0 Å². The molecule has 0 amide bonds. The van der Waals surface area contributed by atoms with Gasteiger partial charge in [0.2, 0.25) is 0 Å². The van der Waals surface area contributed by atoms with Gasteiger partial charge in [-0.2, -0.15) is 5.26 Å². The standard InChI is InChI=1S/C18H21N5/c1-14-4-3-5-15(2)16(14)13-22-8-10-23(11-9-22)18-17(12-19)20-6-7-21-18/h3-7H,8-11,13H2,1-2H3. The minimum atomic E-state index is 0.413. The maximum Gasteiger partial charge on any atom is 0.183 e. The van der Waals surface area contributed by atoms with E-state index in [-0.39, 0.29) is 0 Å². The first-order valence-corrected chi connectivity index (χ1v) is 7.92. The summed E-state index contributed by atoms with van der Waals surface area (Å²) in [5.41, 5.74) is 4.55. The first-order chi connectivity index (χ1) is 11.2. The van der Waals surface area contributed by atoms with Gasteiger partial charge in [0, 0.05) is 45.1 Å². The van der Waals surface area contributed by atoms with Crippen LogP contribution < -0.4 is 4.90 Å². The van der Waals surface area contributed by atoms with Crippen molar-refractivity contribution in [1.82, 2.24) is 14.9 Å². The van der Waals surface area contributed by atoms with E-state index >= 15 is 0 Å². The van der Waals surface area contributed by atoms with Crippen LogP contribution in [0.5, 0.6) is 0 Å². The van der Waals surface area contributed by atoms with E-state index in [0.29, 0.717) is 11.5 Å². The third kappa shape index (κ3) is 3.33. The first-order valence-electron chi connectivity index (χ1n) is 7.92. The molecule has 0 saturated carbocycles. The van der Waals surface area contributed by atoms with Crippen LogP contribution in [0.4, 0.5) is 5.82 Å². The zero-order valence-electron chi connectivity index (χ0n) is 13.7. The molecule has 0 bridgehead atoms. The van der Waals surface area contributed by atoms with Crippen molar-refractivity contribution < 1.29 is 0 Å². The van der Waals surface area contributed by atoms with Crippen molar-refractivity contribution in [1.29, 1.82) is 5.26 Å². The van der Waals surface area contributed by atoms with Crippen molar-refractivity contribution in [3.63, 3.8) is 0 Å². The average Bonchev–Trinajstić information content (AvgIpc) is 2.59. The Morgan fingerprint density at radius 1 is 1.04 bits per heavy atom. The smallest absolute Gasteiger partial charge is 0.183 e. The number of aromatic nitrogens is 2. The van der Waals surface area contributed by atoms with Gasteiger partial charge in [-0.1, -0.05) is 18.2 Å². The molecule has 5 nitrogen and oxygen atoms in total. The van der Waals surface area contributed by atoms with Gasteiger partial charge in [0.05, 0.1) is 0 Å². The lowest BCUT2D eigenvalue weighted by atomic mass is 10.0. The van der Waals surface area contributed by atoms with Crippen LogP contribution in [-0.4, -0.2) is 41.0 Å². The lowest BCUT2D eigenvalue weighted by molar-refractivity contribution is 0.248. The Morgan fingerprint density at radius 3 is 2.35 bits per heavy atom. The second-order valence-corrected chi connectivity index (χ2v) is 5.97. The van der Waals surface area contributed by atoms with E-state index < -0.39 is 0 Å². The maximum absolute atomic E-state index is 9.17. The topological polar surface area (TPSA) is 56.1 Å². The second-order valence-electron chi connectivity index (χ2n) is 5.97. The Morgan fingerprint density at radius 2 is 1.70 bits per heavy atom. The van der Waals surface area contributed by atoms with Gasteiger partial charge >= 0.3 is 0 Å². The van der Waals surface area contributed by atoms with Gasteiger partial charge in [-0.3, -0.25) is 4.90 Å². The molecule has 3 rings (SSSR count). The molecule has 1 aliphatic rings. The summed E-state index contributed by atoms with van der Waals surface area (Å²) in [6.45, 7) is 9.02. The van der Waals surface area contributed by atoms with E-state index in [2.05, 4.69) is 57.9 Å². The van der Waals surface area contributed by atoms with Crippen LogP contribution in [-0.2, 0) is 6.54 Å². The van der Waals surface area contributed by atoms with E-state index in [0.717, 1.165) is 32.7 Å². The second kappa shape index (κ2) is 6.76. The highest BCUT2D eigenvalue weighted by atomic mass is 15.3. The lowest BCUT2D eigenvalue weighted by Crippen LogP contribution is -2.46. The van der Waals surface area contributed by atoms with Crippen LogP contribution in [0.3, 0.4) is 0 Å². The van der Waals surface area contributed by atoms with Gasteiger partial charge in [0.15, 0.2) is 11.5 Å². The van der Waals surface area contributed by atoms with Gasteiger partial charge < -0.3 is 4.90 Å². The molecule has 0 N–H and O–H groups in total. The minimum Gasteiger partial charge on any atom is -0.352 e. The summed E-state index contributed by atoms with van der Waals surface area (Å²) < 4.78 is 0. The number of anilines is 1. The van der Waals surface area contributed by atoms with Crippen LogP contribution in [0, 0.1) is 25.2 Å². The molecule has 0 radical (unpaired) electrons. The zero-order chi connectivity index (χ0) is 16.2. The average molecular weight is 307 g/mol. The highest BCUT2D eigenvalue weighted by molar-refractivity contribution is 5.49. The fourth-order valence-corrected chi connectivity index (χ4v) is 3.08. The molecule has 5 heteroatoms. The van der Waals surface area contributed by atoms with Crippen LogP contribution >= 0.6 is 0 Å². The van der Waals surface area contributed by atoms with Gasteiger partial charge in [-0.05, 0) is 30.5 Å². The number of piperazine rings is 1. The third-order valence-electron chi connectivity index (χ3n) is 4.48. The molecule has 118 valence electrons. The summed E-state index contributed by atoms with van der Waals surface area (Å²) in [6.07, 6.45) is 3.22. The van der Waals surface area contributed by atoms with Gasteiger partial charge in [0.25, 0.3) is 0 Å². The molecule has 2 aromatic rings. The van der Waals surface area contributed by atoms with E-state index in [1.807, 2.05) is 0 Å². The molecule has 1 aliphatic heterocycles. The molecule has 0 aliphatic carbocycles. The van der Waals surface area contributed by atoms with Crippen molar-refractivity contribution in [2.24, 2.45) is 0 Å². The number of rotatable bonds is 3. The SMILES string of the molecule is Cc1cccc(C)c1CN1CCN(c2nccnc2C#N)CC1. The highest BCUT2D eigenvalue weighted by Gasteiger charge is 2.21. The molecule has 2 heterocycles. The Labute approximate surface area is 137 Å². The summed E-state index contributed by atoms with van der Waals surface area (Å²) in [4.78, 5) is 13.1. The van der Waals surface area contributed by atoms with Crippen molar-refractivity contribution in [2.45, 2.75) is 20.4 Å². The van der Waals surface area contributed by atoms with E-state index in [1.54, 1.807) is 12.4 Å². The van der Waals surface area contributed by atoms with E-state index in [1.165, 1.54) is 16.7 Å². The molecule has 1 fully saturated rings. The maximum atomic E-state index is 9.17. The Bertz CT molecular complexity index is 706. The number of aryl methyl sites for hydroxylation is 2. The molecule has 0 atom stereocenters. The number of nitriles is 1. The first kappa shape index (κ1) is 15.4. The Balaban J connectivity index is 1.66. The Hall–Kier alpha value is -2.45. The molecule has 1 saturated heterocycles. The predicted octanol–water partition coefficient (Wildman–Crippen LogP) is 2.29. The minimum absolute atomic E-state index is 0.413. The molecule has 1 aromatic heterocycles. The van der Waals surface area contributed by atoms with Crippen molar-refractivity contribution in [3.05, 3.63) is 53.0 Å². The molecule has 0 spiro atoms. The third-order valence-corrected chi connectivity index (χ3v) is 4.48. The largest absolute Gasteiger partial charge is 0.352 e. The quantitative estimate of drug-likeness (QED) is 0.871. The molecule has 23 heavy (non-hydrogen) atoms. The number of hydrogen-bond acceptors (Lipinski definition) is 5. The van der Waals surface area contributed by atoms with E-state index in [4.69, 9.17) is 5.26 Å². The summed E-state index contributed by atoms with van der Waals surface area (Å²) in [5, 5.41) is 9.17. The molecule has 1 aromatic carbocycles. The van der Waals surface area contributed by atoms with Gasteiger partial charge in [0.1, 0.15) is 6.07 Å². The summed E-state index contributed by atoms with van der Waals surface area (Å²) in [7, 11) is 0. The Kier molecular flexibility index (Phi) is 4.54. The van der Waals surface area contributed by atoms with Crippen LogP contribution in [0.15, 0.2) is 30.6 Å². The normalized spacial score (nSPS) is 15.4. The van der Waals surface area contributed by atoms with Crippen LogP contribution in [0.1, 0.15) is 22.4 Å². The van der Waals surface area contributed by atoms with Crippen LogP contribution in [0.2, 0.25) is 0 Å². The zero-order valence-corrected chi connectivity index (χ0v) is 13.7. The summed E-state index contributed by atoms with van der Waals surface area (Å²) in [6, 6.07) is 8.60. The van der Waals surface area contributed by atoms with Crippen molar-refractivity contribution >= 4 is 5.82 Å². The van der Waals surface area contributed by atoms with Crippen LogP contribution in [0.25, 0.3) is 0 Å². The molecular formula is C18H21N5. The number of hydrogen-bond donors (Lipinski definition) is 0. The van der Waals surface area contributed by atoms with Crippen molar-refractivity contribution in [3.8, 4) is 6.07 Å². The number of benzene rings is 1. The van der Waals surface area contributed by atoms with Gasteiger partial charge in [-0.15, -0.1) is 0 Å². The molecular weight excluding hydrogens is 286 g/mol. The highest BCUT2D eigenvalue weighted by Crippen LogP contribution is 2.19. The summed E-state index contributed by atoms with van der Waals surface area (Å²) in [5.74, 6) is 0.710. The van der Waals surface area contributed by atoms with Gasteiger partial charge in [-0.25, -0.2) is 9.97 Å².